The fraction of sp³-hybridized carbons (Fsp3) is 0. The first-order valence-corrected chi connectivity index (χ1v) is 8.14. The van der Waals surface area contributed by atoms with Crippen LogP contribution >= 0.6 is 11.3 Å². The minimum absolute atomic E-state index is 0.154. The molecule has 2 heterocycles. The van der Waals surface area contributed by atoms with E-state index in [1.807, 2.05) is 6.07 Å². The fourth-order valence-corrected chi connectivity index (χ4v) is 3.36. The minimum atomic E-state index is -4.11. The largest absolute Gasteiger partial charge is 0.361 e. The average molecular weight is 321 g/mol. The number of anilines is 2. The highest BCUT2D eigenvalue weighted by Gasteiger charge is 2.24. The standard InChI is InChI=1S/C12H9N4O3S2/c17-8-16(21(18,19)15-12-6-20-7-14-12)10-2-1-9-3-4-13-11(9)5-10/h1-7,13,15H. The number of aromatic amines is 1. The van der Waals surface area contributed by atoms with Crippen molar-refractivity contribution in [3.05, 3.63) is 41.4 Å². The van der Waals surface area contributed by atoms with Crippen molar-refractivity contribution in [3.8, 4) is 0 Å². The molecule has 0 aliphatic carbocycles. The molecule has 2 N–H and O–H groups in total. The Morgan fingerprint density at radius 1 is 1.33 bits per heavy atom. The molecular weight excluding hydrogens is 312 g/mol. The highest BCUT2D eigenvalue weighted by Crippen LogP contribution is 2.23. The number of fused-ring (bicyclic) bond motifs is 1. The van der Waals surface area contributed by atoms with Crippen LogP contribution in [0.15, 0.2) is 41.4 Å². The number of aromatic nitrogens is 2. The summed E-state index contributed by atoms with van der Waals surface area (Å²) >= 11 is 1.24. The quantitative estimate of drug-likeness (QED) is 0.701. The summed E-state index contributed by atoms with van der Waals surface area (Å²) in [5.74, 6) is 0.154. The van der Waals surface area contributed by atoms with Gasteiger partial charge < -0.3 is 4.98 Å². The number of benzene rings is 1. The lowest BCUT2D eigenvalue weighted by molar-refractivity contribution is 0.554. The van der Waals surface area contributed by atoms with E-state index in [0.29, 0.717) is 4.31 Å². The summed E-state index contributed by atoms with van der Waals surface area (Å²) in [6.07, 6.45) is 3.15. The lowest BCUT2D eigenvalue weighted by Crippen LogP contribution is -2.34. The summed E-state index contributed by atoms with van der Waals surface area (Å²) in [6, 6.07) is 6.64. The van der Waals surface area contributed by atoms with E-state index in [0.717, 1.165) is 10.9 Å². The lowest BCUT2D eigenvalue weighted by Gasteiger charge is -2.16. The number of H-pyrrole nitrogens is 1. The number of nitrogens with one attached hydrogen (secondary N) is 2. The molecule has 107 valence electrons. The van der Waals surface area contributed by atoms with Gasteiger partial charge in [-0.2, -0.15) is 12.7 Å². The Morgan fingerprint density at radius 2 is 2.19 bits per heavy atom. The van der Waals surface area contributed by atoms with Gasteiger partial charge in [-0.3, -0.25) is 4.79 Å². The van der Waals surface area contributed by atoms with E-state index < -0.39 is 10.2 Å². The van der Waals surface area contributed by atoms with Crippen LogP contribution in [0.4, 0.5) is 11.5 Å². The van der Waals surface area contributed by atoms with E-state index >= 15 is 0 Å². The van der Waals surface area contributed by atoms with E-state index in [4.69, 9.17) is 0 Å². The molecule has 0 bridgehead atoms. The number of nitrogens with zero attached hydrogens (tertiary/aromatic N) is 2. The third-order valence-electron chi connectivity index (χ3n) is 2.76. The number of carbonyl (C=O) groups excluding carboxylic acids is 1. The van der Waals surface area contributed by atoms with Crippen LogP contribution in [0.1, 0.15) is 0 Å². The Kier molecular flexibility index (Phi) is 3.35. The second-order valence-electron chi connectivity index (χ2n) is 4.09. The van der Waals surface area contributed by atoms with Gasteiger partial charge in [0.15, 0.2) is 5.82 Å². The molecule has 0 aliphatic rings. The van der Waals surface area contributed by atoms with Crippen LogP contribution in [-0.2, 0) is 15.0 Å². The van der Waals surface area contributed by atoms with Crippen LogP contribution in [-0.4, -0.2) is 24.8 Å². The molecule has 0 saturated carbocycles. The maximum absolute atomic E-state index is 12.2. The predicted octanol–water partition coefficient (Wildman–Crippen LogP) is 1.85. The number of thiazole rings is 1. The summed E-state index contributed by atoms with van der Waals surface area (Å²) < 4.78 is 27.1. The van der Waals surface area contributed by atoms with Crippen LogP contribution in [0.5, 0.6) is 0 Å². The van der Waals surface area contributed by atoms with Gasteiger partial charge in [-0.15, -0.1) is 11.3 Å². The first-order chi connectivity index (χ1) is 10.1. The van der Waals surface area contributed by atoms with Gasteiger partial charge in [0.25, 0.3) is 0 Å². The zero-order valence-corrected chi connectivity index (χ0v) is 12.1. The van der Waals surface area contributed by atoms with Crippen LogP contribution in [0.25, 0.3) is 10.9 Å². The molecule has 1 amide bonds. The Labute approximate surface area is 124 Å². The first kappa shape index (κ1) is 13.6. The minimum Gasteiger partial charge on any atom is -0.361 e. The number of rotatable bonds is 5. The zero-order chi connectivity index (χ0) is 14.9. The Morgan fingerprint density at radius 3 is 2.90 bits per heavy atom. The third kappa shape index (κ3) is 2.60. The van der Waals surface area contributed by atoms with Gasteiger partial charge in [0.1, 0.15) is 0 Å². The molecule has 0 aliphatic heterocycles. The first-order valence-electron chi connectivity index (χ1n) is 5.76. The van der Waals surface area contributed by atoms with Gasteiger partial charge in [0.05, 0.1) is 11.2 Å². The van der Waals surface area contributed by atoms with Gasteiger partial charge in [0, 0.05) is 17.1 Å². The molecular formula is C12H9N4O3S2. The van der Waals surface area contributed by atoms with E-state index in [-0.39, 0.29) is 11.5 Å². The molecule has 3 aromatic rings. The highest BCUT2D eigenvalue weighted by molar-refractivity contribution is 7.94. The lowest BCUT2D eigenvalue weighted by atomic mass is 10.2. The molecule has 1 radical (unpaired) electrons. The van der Waals surface area contributed by atoms with Crippen molar-refractivity contribution >= 4 is 50.4 Å². The topological polar surface area (TPSA) is 95.2 Å². The number of hydrogen-bond acceptors (Lipinski definition) is 5. The molecule has 7 nitrogen and oxygen atoms in total. The Bertz CT molecular complexity index is 871. The second-order valence-corrected chi connectivity index (χ2v) is 6.32. The maximum atomic E-state index is 12.2. The maximum Gasteiger partial charge on any atom is 0.333 e. The summed E-state index contributed by atoms with van der Waals surface area (Å²) in [6.45, 7) is 0. The van der Waals surface area contributed by atoms with Crippen molar-refractivity contribution in [2.24, 2.45) is 0 Å². The summed E-state index contributed by atoms with van der Waals surface area (Å²) in [5.41, 5.74) is 2.39. The molecule has 21 heavy (non-hydrogen) atoms. The smallest absolute Gasteiger partial charge is 0.333 e. The number of amides is 1. The molecule has 0 saturated heterocycles. The predicted molar refractivity (Wildman–Crippen MR) is 81.1 cm³/mol. The Balaban J connectivity index is 1.98. The van der Waals surface area contributed by atoms with Crippen LogP contribution in [0.2, 0.25) is 0 Å². The molecule has 0 atom stereocenters. The summed E-state index contributed by atoms with van der Waals surface area (Å²) in [5, 5.41) is 2.43. The average Bonchev–Trinajstić information content (AvgIpc) is 3.09. The van der Waals surface area contributed by atoms with Gasteiger partial charge in [-0.1, -0.05) is 6.07 Å². The zero-order valence-electron chi connectivity index (χ0n) is 10.5. The van der Waals surface area contributed by atoms with Crippen molar-refractivity contribution in [1.82, 2.24) is 9.97 Å². The SMILES string of the molecule is O=[C]N(c1ccc2cc[nH]c2c1)S(=O)(=O)Nc1cscn1. The van der Waals surface area contributed by atoms with Crippen molar-refractivity contribution in [3.63, 3.8) is 0 Å². The van der Waals surface area contributed by atoms with E-state index in [9.17, 15) is 13.2 Å². The summed E-state index contributed by atoms with van der Waals surface area (Å²) in [7, 11) is -4.11. The normalized spacial score (nSPS) is 11.4. The van der Waals surface area contributed by atoms with Crippen molar-refractivity contribution in [2.75, 3.05) is 9.03 Å². The van der Waals surface area contributed by atoms with Crippen molar-refractivity contribution < 1.29 is 13.2 Å². The van der Waals surface area contributed by atoms with Crippen molar-refractivity contribution in [1.29, 1.82) is 0 Å². The molecule has 1 aromatic carbocycles. The molecule has 3 rings (SSSR count). The second kappa shape index (κ2) is 5.19. The molecule has 0 spiro atoms. The van der Waals surface area contributed by atoms with E-state index in [2.05, 4.69) is 14.7 Å². The van der Waals surface area contributed by atoms with E-state index in [1.54, 1.807) is 18.3 Å². The molecule has 0 fully saturated rings. The van der Waals surface area contributed by atoms with E-state index in [1.165, 1.54) is 34.7 Å². The Hall–Kier alpha value is -2.39. The summed E-state index contributed by atoms with van der Waals surface area (Å²) in [4.78, 5) is 17.9. The van der Waals surface area contributed by atoms with Crippen LogP contribution in [0.3, 0.4) is 0 Å². The van der Waals surface area contributed by atoms with Gasteiger partial charge in [-0.25, -0.2) is 9.71 Å². The fourth-order valence-electron chi connectivity index (χ4n) is 1.84. The molecule has 9 heteroatoms. The monoisotopic (exact) mass is 321 g/mol. The van der Waals surface area contributed by atoms with Gasteiger partial charge in [0.2, 0.25) is 0 Å². The number of hydrogen-bond donors (Lipinski definition) is 2. The van der Waals surface area contributed by atoms with Crippen LogP contribution < -0.4 is 9.03 Å². The third-order valence-corrected chi connectivity index (χ3v) is 4.58. The molecule has 2 aromatic heterocycles. The highest BCUT2D eigenvalue weighted by atomic mass is 32.2. The van der Waals surface area contributed by atoms with Gasteiger partial charge >= 0.3 is 16.6 Å². The van der Waals surface area contributed by atoms with Gasteiger partial charge in [-0.05, 0) is 23.6 Å². The van der Waals surface area contributed by atoms with Crippen molar-refractivity contribution in [2.45, 2.75) is 0 Å². The van der Waals surface area contributed by atoms with Crippen LogP contribution in [0, 0.1) is 0 Å². The molecule has 0 unspecified atom stereocenters.